The van der Waals surface area contributed by atoms with Crippen LogP contribution in [-0.4, -0.2) is 34.2 Å². The fraction of sp³-hybridized carbons (Fsp3) is 0.107. The van der Waals surface area contributed by atoms with Crippen LogP contribution >= 0.6 is 11.8 Å². The number of anilines is 1. The lowest BCUT2D eigenvalue weighted by Crippen LogP contribution is -2.17. The Hall–Kier alpha value is -4.16. The zero-order valence-corrected chi connectivity index (χ0v) is 22.9. The predicted octanol–water partition coefficient (Wildman–Crippen LogP) is 6.63. The maximum Gasteiger partial charge on any atom is 0.267 e. The fourth-order valence-electron chi connectivity index (χ4n) is 4.32. The maximum atomic E-state index is 16.2. The molecule has 0 aliphatic rings. The number of aromatic nitrogens is 4. The lowest BCUT2D eigenvalue weighted by Gasteiger charge is -2.15. The Labute approximate surface area is 233 Å². The lowest BCUT2D eigenvalue weighted by molar-refractivity contribution is 0.521. The Morgan fingerprint density at radius 1 is 0.900 bits per heavy atom. The molecule has 0 unspecified atom stereocenters. The van der Waals surface area contributed by atoms with Gasteiger partial charge in [-0.15, -0.1) is 0 Å². The van der Waals surface area contributed by atoms with Crippen LogP contribution in [0.1, 0.15) is 6.92 Å². The first-order chi connectivity index (χ1) is 19.2. The molecule has 5 rings (SSSR count). The van der Waals surface area contributed by atoms with Gasteiger partial charge in [0.05, 0.1) is 17.1 Å². The second kappa shape index (κ2) is 11.1. The van der Waals surface area contributed by atoms with E-state index >= 15 is 4.39 Å². The van der Waals surface area contributed by atoms with E-state index in [4.69, 9.17) is 4.98 Å². The summed E-state index contributed by atoms with van der Waals surface area (Å²) < 4.78 is 74.4. The van der Waals surface area contributed by atoms with Crippen molar-refractivity contribution in [2.24, 2.45) is 0 Å². The Morgan fingerprint density at radius 2 is 1.60 bits per heavy atom. The van der Waals surface area contributed by atoms with Gasteiger partial charge in [-0.2, -0.15) is 0 Å². The van der Waals surface area contributed by atoms with Crippen molar-refractivity contribution in [1.29, 1.82) is 0 Å². The monoisotopic (exact) mass is 581 g/mol. The third-order valence-electron chi connectivity index (χ3n) is 6.06. The molecule has 2 heterocycles. The molecule has 12 heteroatoms. The minimum atomic E-state index is -4.81. The first-order valence-corrected chi connectivity index (χ1v) is 14.7. The summed E-state index contributed by atoms with van der Waals surface area (Å²) in [6, 6.07) is 17.8. The van der Waals surface area contributed by atoms with E-state index in [0.717, 1.165) is 23.8 Å². The normalized spacial score (nSPS) is 11.5. The molecule has 0 spiro atoms. The lowest BCUT2D eigenvalue weighted by atomic mass is 10.1. The molecule has 7 nitrogen and oxygen atoms in total. The van der Waals surface area contributed by atoms with Gasteiger partial charge in [-0.3, -0.25) is 4.72 Å². The zero-order valence-electron chi connectivity index (χ0n) is 21.3. The Morgan fingerprint density at radius 3 is 2.27 bits per heavy atom. The van der Waals surface area contributed by atoms with Crippen LogP contribution in [0, 0.1) is 17.5 Å². The fourth-order valence-corrected chi connectivity index (χ4v) is 5.87. The molecule has 1 N–H and O–H groups in total. The van der Waals surface area contributed by atoms with E-state index in [9.17, 15) is 17.2 Å². The topological polar surface area (TPSA) is 89.8 Å². The predicted molar refractivity (Wildman–Crippen MR) is 149 cm³/mol. The molecule has 2 aromatic heterocycles. The molecule has 0 aliphatic carbocycles. The van der Waals surface area contributed by atoms with Crippen LogP contribution in [-0.2, 0) is 16.6 Å². The molecule has 0 atom stereocenters. The third kappa shape index (κ3) is 5.07. The number of benzene rings is 3. The standard InChI is InChI=1S/C28H22F3N5O2S2/c1-3-36-25(24(22-15-16-32-28(33-22)39-2)34-27(36)17-9-5-4-6-10-17)18-11-7-14-21(23(18)31)35-40(37,38)26-19(29)12-8-13-20(26)30/h4-16,35H,3H2,1-2H3. The Kier molecular flexibility index (Phi) is 7.63. The molecule has 0 aliphatic heterocycles. The first-order valence-electron chi connectivity index (χ1n) is 12.0. The molecule has 0 fully saturated rings. The van der Waals surface area contributed by atoms with E-state index in [1.165, 1.54) is 30.0 Å². The summed E-state index contributed by atoms with van der Waals surface area (Å²) in [5.41, 5.74) is 1.47. The molecule has 40 heavy (non-hydrogen) atoms. The number of imidazole rings is 1. The molecular weight excluding hydrogens is 559 g/mol. The summed E-state index contributed by atoms with van der Waals surface area (Å²) in [7, 11) is -4.81. The van der Waals surface area contributed by atoms with Crippen molar-refractivity contribution in [3.8, 4) is 34.0 Å². The maximum absolute atomic E-state index is 16.2. The van der Waals surface area contributed by atoms with Crippen molar-refractivity contribution in [3.63, 3.8) is 0 Å². The second-order valence-electron chi connectivity index (χ2n) is 8.49. The smallest absolute Gasteiger partial charge is 0.267 e. The summed E-state index contributed by atoms with van der Waals surface area (Å²) in [6.07, 6.45) is 3.41. The van der Waals surface area contributed by atoms with E-state index < -0.39 is 38.1 Å². The summed E-state index contributed by atoms with van der Waals surface area (Å²) in [4.78, 5) is 12.4. The van der Waals surface area contributed by atoms with Crippen LogP contribution < -0.4 is 4.72 Å². The number of hydrogen-bond acceptors (Lipinski definition) is 6. The van der Waals surface area contributed by atoms with E-state index in [0.29, 0.717) is 34.6 Å². The number of thioether (sulfide) groups is 1. The molecular formula is C28H22F3N5O2S2. The first kappa shape index (κ1) is 27.4. The summed E-state index contributed by atoms with van der Waals surface area (Å²) >= 11 is 1.34. The molecule has 0 saturated carbocycles. The average molecular weight is 582 g/mol. The highest BCUT2D eigenvalue weighted by atomic mass is 32.2. The number of nitrogens with zero attached hydrogens (tertiary/aromatic N) is 4. The SMILES string of the molecule is CCn1c(-c2ccccc2)nc(-c2ccnc(SC)n2)c1-c1cccc(NS(=O)(=O)c2c(F)cccc2F)c1F. The van der Waals surface area contributed by atoms with E-state index in [2.05, 4.69) is 9.97 Å². The van der Waals surface area contributed by atoms with Crippen molar-refractivity contribution in [2.45, 2.75) is 23.5 Å². The van der Waals surface area contributed by atoms with Gasteiger partial charge in [0.25, 0.3) is 10.0 Å². The highest BCUT2D eigenvalue weighted by molar-refractivity contribution is 7.98. The number of halogens is 3. The van der Waals surface area contributed by atoms with Crippen molar-refractivity contribution >= 4 is 27.5 Å². The minimum absolute atomic E-state index is 0.0186. The Balaban J connectivity index is 1.72. The van der Waals surface area contributed by atoms with E-state index in [1.807, 2.05) is 48.2 Å². The average Bonchev–Trinajstić information content (AvgIpc) is 3.34. The highest BCUT2D eigenvalue weighted by Crippen LogP contribution is 2.39. The van der Waals surface area contributed by atoms with Crippen molar-refractivity contribution in [1.82, 2.24) is 19.5 Å². The molecule has 0 amide bonds. The molecule has 5 aromatic rings. The molecule has 0 radical (unpaired) electrons. The van der Waals surface area contributed by atoms with Crippen LogP contribution in [0.25, 0.3) is 34.0 Å². The van der Waals surface area contributed by atoms with Gasteiger partial charge >= 0.3 is 0 Å². The van der Waals surface area contributed by atoms with Crippen LogP contribution in [0.15, 0.2) is 89.0 Å². The quantitative estimate of drug-likeness (QED) is 0.163. The zero-order chi connectivity index (χ0) is 28.4. The van der Waals surface area contributed by atoms with Gasteiger partial charge in [-0.05, 0) is 43.5 Å². The van der Waals surface area contributed by atoms with E-state index in [-0.39, 0.29) is 5.56 Å². The molecule has 204 valence electrons. The van der Waals surface area contributed by atoms with Crippen LogP contribution in [0.2, 0.25) is 0 Å². The number of hydrogen-bond donors (Lipinski definition) is 1. The van der Waals surface area contributed by atoms with Crippen molar-refractivity contribution < 1.29 is 21.6 Å². The second-order valence-corrected chi connectivity index (χ2v) is 10.9. The van der Waals surface area contributed by atoms with Gasteiger partial charge in [0.1, 0.15) is 23.2 Å². The van der Waals surface area contributed by atoms with E-state index in [1.54, 1.807) is 16.8 Å². The molecule has 0 saturated heterocycles. The van der Waals surface area contributed by atoms with Crippen LogP contribution in [0.4, 0.5) is 18.9 Å². The summed E-state index contributed by atoms with van der Waals surface area (Å²) in [5, 5.41) is 0.490. The summed E-state index contributed by atoms with van der Waals surface area (Å²) in [6.45, 7) is 2.27. The number of nitrogens with one attached hydrogen (secondary N) is 1. The van der Waals surface area contributed by atoms with Gasteiger partial charge in [-0.1, -0.05) is 54.2 Å². The van der Waals surface area contributed by atoms with Gasteiger partial charge in [0, 0.05) is 23.9 Å². The van der Waals surface area contributed by atoms with Crippen LogP contribution in [0.5, 0.6) is 0 Å². The largest absolute Gasteiger partial charge is 0.324 e. The molecule has 0 bridgehead atoms. The van der Waals surface area contributed by atoms with Gasteiger partial charge in [0.2, 0.25) is 0 Å². The van der Waals surface area contributed by atoms with Crippen molar-refractivity contribution in [2.75, 3.05) is 11.0 Å². The van der Waals surface area contributed by atoms with Gasteiger partial charge in [0.15, 0.2) is 15.9 Å². The molecule has 3 aromatic carbocycles. The number of sulfonamides is 1. The summed E-state index contributed by atoms with van der Waals surface area (Å²) in [5.74, 6) is -2.99. The third-order valence-corrected chi connectivity index (χ3v) is 8.04. The Bertz CT molecular complexity index is 1790. The number of rotatable bonds is 8. The van der Waals surface area contributed by atoms with Gasteiger partial charge < -0.3 is 4.57 Å². The highest BCUT2D eigenvalue weighted by Gasteiger charge is 2.28. The van der Waals surface area contributed by atoms with Crippen molar-refractivity contribution in [3.05, 3.63) is 96.4 Å². The van der Waals surface area contributed by atoms with Gasteiger partial charge in [-0.25, -0.2) is 36.5 Å². The van der Waals surface area contributed by atoms with Crippen LogP contribution in [0.3, 0.4) is 0 Å². The minimum Gasteiger partial charge on any atom is -0.324 e.